The number of nitrogens with two attached hydrogens (primary N) is 1. The second-order valence-corrected chi connectivity index (χ2v) is 3.90. The van der Waals surface area contributed by atoms with Gasteiger partial charge in [0.1, 0.15) is 0 Å². The van der Waals surface area contributed by atoms with Gasteiger partial charge in [-0.3, -0.25) is 4.68 Å². The fourth-order valence-corrected chi connectivity index (χ4v) is 1.61. The molecule has 5 nitrogen and oxygen atoms in total. The SMILES string of the molecule is Nc1ccc(NCCn2ccnn2)c(C(F)(F)F)c1. The van der Waals surface area contributed by atoms with Crippen molar-refractivity contribution in [1.29, 1.82) is 0 Å². The van der Waals surface area contributed by atoms with Crippen molar-refractivity contribution >= 4 is 11.4 Å². The molecule has 0 atom stereocenters. The molecule has 1 heterocycles. The number of aromatic nitrogens is 3. The molecule has 0 saturated heterocycles. The number of nitrogens with zero attached hydrogens (tertiary/aromatic N) is 3. The smallest absolute Gasteiger partial charge is 0.399 e. The van der Waals surface area contributed by atoms with E-state index in [2.05, 4.69) is 15.6 Å². The van der Waals surface area contributed by atoms with Crippen molar-refractivity contribution in [3.63, 3.8) is 0 Å². The summed E-state index contributed by atoms with van der Waals surface area (Å²) in [7, 11) is 0. The van der Waals surface area contributed by atoms with Crippen LogP contribution in [0.5, 0.6) is 0 Å². The van der Waals surface area contributed by atoms with Gasteiger partial charge in [0.25, 0.3) is 0 Å². The summed E-state index contributed by atoms with van der Waals surface area (Å²) in [6, 6.07) is 3.66. The standard InChI is InChI=1S/C11H12F3N5/c12-11(13,14)9-7-8(15)1-2-10(9)16-3-5-19-6-4-17-18-19/h1-2,4,6-7,16H,3,5,15H2. The normalized spacial score (nSPS) is 11.5. The Hall–Kier alpha value is -2.25. The largest absolute Gasteiger partial charge is 0.418 e. The number of nitrogen functional groups attached to an aromatic ring is 1. The van der Waals surface area contributed by atoms with E-state index in [0.717, 1.165) is 6.07 Å². The highest BCUT2D eigenvalue weighted by Crippen LogP contribution is 2.35. The monoisotopic (exact) mass is 271 g/mol. The van der Waals surface area contributed by atoms with Crippen LogP contribution in [0, 0.1) is 0 Å². The van der Waals surface area contributed by atoms with Gasteiger partial charge < -0.3 is 11.1 Å². The van der Waals surface area contributed by atoms with Gasteiger partial charge in [-0.1, -0.05) is 5.21 Å². The van der Waals surface area contributed by atoms with Crippen LogP contribution in [-0.2, 0) is 12.7 Å². The number of anilines is 2. The molecular formula is C11H12F3N5. The van der Waals surface area contributed by atoms with Crippen molar-refractivity contribution in [2.45, 2.75) is 12.7 Å². The summed E-state index contributed by atoms with van der Waals surface area (Å²) in [6.45, 7) is 0.720. The van der Waals surface area contributed by atoms with Crippen molar-refractivity contribution in [2.75, 3.05) is 17.6 Å². The van der Waals surface area contributed by atoms with E-state index in [1.54, 1.807) is 6.20 Å². The first-order valence-electron chi connectivity index (χ1n) is 5.51. The van der Waals surface area contributed by atoms with Gasteiger partial charge >= 0.3 is 6.18 Å². The number of rotatable bonds is 4. The molecule has 0 fully saturated rings. The third kappa shape index (κ3) is 3.36. The van der Waals surface area contributed by atoms with Crippen LogP contribution in [0.15, 0.2) is 30.6 Å². The van der Waals surface area contributed by atoms with E-state index >= 15 is 0 Å². The molecule has 0 amide bonds. The molecule has 0 aliphatic carbocycles. The van der Waals surface area contributed by atoms with Crippen molar-refractivity contribution in [3.8, 4) is 0 Å². The summed E-state index contributed by atoms with van der Waals surface area (Å²) in [5.74, 6) is 0. The molecule has 1 aromatic carbocycles. The first-order chi connectivity index (χ1) is 8.97. The zero-order chi connectivity index (χ0) is 13.9. The van der Waals surface area contributed by atoms with Crippen LogP contribution < -0.4 is 11.1 Å². The second-order valence-electron chi connectivity index (χ2n) is 3.90. The Labute approximate surface area is 107 Å². The molecule has 19 heavy (non-hydrogen) atoms. The van der Waals surface area contributed by atoms with Crippen molar-refractivity contribution in [2.24, 2.45) is 0 Å². The predicted octanol–water partition coefficient (Wildman–Crippen LogP) is 1.99. The molecule has 0 aliphatic heterocycles. The molecular weight excluding hydrogens is 259 g/mol. The highest BCUT2D eigenvalue weighted by Gasteiger charge is 2.33. The molecule has 0 saturated carbocycles. The minimum absolute atomic E-state index is 0.00168. The summed E-state index contributed by atoms with van der Waals surface area (Å²) in [6.07, 6.45) is -1.30. The minimum Gasteiger partial charge on any atom is -0.399 e. The van der Waals surface area contributed by atoms with Crippen LogP contribution in [0.25, 0.3) is 0 Å². The maximum Gasteiger partial charge on any atom is 0.418 e. The number of halogens is 3. The Balaban J connectivity index is 2.07. The summed E-state index contributed by atoms with van der Waals surface area (Å²) in [4.78, 5) is 0. The lowest BCUT2D eigenvalue weighted by atomic mass is 10.1. The van der Waals surface area contributed by atoms with Gasteiger partial charge in [-0.2, -0.15) is 13.2 Å². The highest BCUT2D eigenvalue weighted by atomic mass is 19.4. The summed E-state index contributed by atoms with van der Waals surface area (Å²) in [5, 5.41) is 10.0. The quantitative estimate of drug-likeness (QED) is 0.834. The predicted molar refractivity (Wildman–Crippen MR) is 64.4 cm³/mol. The van der Waals surface area contributed by atoms with Crippen LogP contribution in [0.1, 0.15) is 5.56 Å². The molecule has 0 bridgehead atoms. The Morgan fingerprint density at radius 2 is 2.11 bits per heavy atom. The summed E-state index contributed by atoms with van der Waals surface area (Å²) >= 11 is 0. The zero-order valence-corrected chi connectivity index (χ0v) is 9.85. The van der Waals surface area contributed by atoms with Crippen LogP contribution in [-0.4, -0.2) is 21.5 Å². The van der Waals surface area contributed by atoms with E-state index in [9.17, 15) is 13.2 Å². The zero-order valence-electron chi connectivity index (χ0n) is 9.85. The number of hydrogen-bond acceptors (Lipinski definition) is 4. The first-order valence-corrected chi connectivity index (χ1v) is 5.51. The van der Waals surface area contributed by atoms with Gasteiger partial charge in [-0.05, 0) is 18.2 Å². The van der Waals surface area contributed by atoms with Gasteiger partial charge in [0.2, 0.25) is 0 Å². The lowest BCUT2D eigenvalue weighted by Crippen LogP contribution is -2.15. The van der Waals surface area contributed by atoms with Crippen molar-refractivity contribution in [3.05, 3.63) is 36.2 Å². The summed E-state index contributed by atoms with van der Waals surface area (Å²) in [5.41, 5.74) is 4.69. The Morgan fingerprint density at radius 1 is 1.32 bits per heavy atom. The Bertz CT molecular complexity index is 536. The maximum atomic E-state index is 12.8. The molecule has 0 spiro atoms. The van der Waals surface area contributed by atoms with Crippen LogP contribution >= 0.6 is 0 Å². The second kappa shape index (κ2) is 5.17. The summed E-state index contributed by atoms with van der Waals surface area (Å²) < 4.78 is 39.9. The van der Waals surface area contributed by atoms with Crippen molar-refractivity contribution in [1.82, 2.24) is 15.0 Å². The van der Waals surface area contributed by atoms with E-state index in [1.807, 2.05) is 0 Å². The number of benzene rings is 1. The molecule has 1 aromatic heterocycles. The van der Waals surface area contributed by atoms with Gasteiger partial charge in [-0.15, -0.1) is 5.10 Å². The molecule has 3 N–H and O–H groups in total. The lowest BCUT2D eigenvalue weighted by Gasteiger charge is -2.15. The highest BCUT2D eigenvalue weighted by molar-refractivity contribution is 5.59. The minimum atomic E-state index is -4.44. The van der Waals surface area contributed by atoms with Crippen molar-refractivity contribution < 1.29 is 13.2 Å². The first kappa shape index (κ1) is 13.2. The van der Waals surface area contributed by atoms with Crippen LogP contribution in [0.2, 0.25) is 0 Å². The van der Waals surface area contributed by atoms with Crippen LogP contribution in [0.4, 0.5) is 24.5 Å². The topological polar surface area (TPSA) is 68.8 Å². The third-order valence-corrected chi connectivity index (χ3v) is 2.48. The average Bonchev–Trinajstić information content (AvgIpc) is 2.83. The maximum absolute atomic E-state index is 12.8. The number of nitrogens with one attached hydrogen (secondary N) is 1. The van der Waals surface area contributed by atoms with Gasteiger partial charge in [0.15, 0.2) is 0 Å². The van der Waals surface area contributed by atoms with Crippen LogP contribution in [0.3, 0.4) is 0 Å². The molecule has 0 aliphatic rings. The fourth-order valence-electron chi connectivity index (χ4n) is 1.61. The Kier molecular flexibility index (Phi) is 3.59. The third-order valence-electron chi connectivity index (χ3n) is 2.48. The molecule has 2 rings (SSSR count). The van der Waals surface area contributed by atoms with E-state index in [0.29, 0.717) is 13.1 Å². The molecule has 0 unspecified atom stereocenters. The van der Waals surface area contributed by atoms with E-state index in [-0.39, 0.29) is 11.4 Å². The van der Waals surface area contributed by atoms with E-state index in [4.69, 9.17) is 5.73 Å². The molecule has 0 radical (unpaired) electrons. The van der Waals surface area contributed by atoms with Gasteiger partial charge in [0, 0.05) is 24.1 Å². The molecule has 2 aromatic rings. The van der Waals surface area contributed by atoms with Gasteiger partial charge in [0.05, 0.1) is 18.3 Å². The average molecular weight is 271 g/mol. The number of alkyl halides is 3. The van der Waals surface area contributed by atoms with E-state index < -0.39 is 11.7 Å². The number of hydrogen-bond donors (Lipinski definition) is 2. The van der Waals surface area contributed by atoms with E-state index in [1.165, 1.54) is 23.0 Å². The molecule has 102 valence electrons. The lowest BCUT2D eigenvalue weighted by molar-refractivity contribution is -0.136. The van der Waals surface area contributed by atoms with Gasteiger partial charge in [-0.25, -0.2) is 0 Å². The molecule has 8 heteroatoms. The fraction of sp³-hybridized carbons (Fsp3) is 0.273. The Morgan fingerprint density at radius 3 is 2.74 bits per heavy atom.